The maximum absolute atomic E-state index is 6.34. The number of aromatic amines is 1. The third-order valence-corrected chi connectivity index (χ3v) is 4.86. The van der Waals surface area contributed by atoms with Crippen molar-refractivity contribution < 1.29 is 4.74 Å². The van der Waals surface area contributed by atoms with Gasteiger partial charge in [0.15, 0.2) is 0 Å². The van der Waals surface area contributed by atoms with Crippen LogP contribution in [0, 0.1) is 0 Å². The van der Waals surface area contributed by atoms with Gasteiger partial charge in [-0.1, -0.05) is 48.7 Å². The summed E-state index contributed by atoms with van der Waals surface area (Å²) in [5, 5.41) is 1.17. The van der Waals surface area contributed by atoms with Gasteiger partial charge < -0.3 is 15.5 Å². The lowest BCUT2D eigenvalue weighted by molar-refractivity contribution is 0.309. The molecule has 1 atom stereocenters. The molecule has 0 radical (unpaired) electrons. The molecule has 0 saturated heterocycles. The molecule has 142 valence electrons. The molecule has 3 aromatic rings. The number of H-pyrrole nitrogens is 1. The van der Waals surface area contributed by atoms with E-state index in [0.717, 1.165) is 47.8 Å². The van der Waals surface area contributed by atoms with Crippen molar-refractivity contribution in [2.75, 3.05) is 6.61 Å². The molecule has 0 amide bonds. The van der Waals surface area contributed by atoms with Gasteiger partial charge in [0.2, 0.25) is 0 Å². The van der Waals surface area contributed by atoms with Crippen LogP contribution in [0.5, 0.6) is 5.75 Å². The van der Waals surface area contributed by atoms with Crippen LogP contribution in [0.15, 0.2) is 48.7 Å². The molecule has 1 aromatic heterocycles. The molecule has 0 aliphatic carbocycles. The van der Waals surface area contributed by atoms with Crippen molar-refractivity contribution in [2.24, 2.45) is 5.73 Å². The van der Waals surface area contributed by atoms with E-state index < -0.39 is 0 Å². The van der Waals surface area contributed by atoms with Crippen LogP contribution < -0.4 is 10.5 Å². The molecular weight excluding hydrogens is 381 g/mol. The summed E-state index contributed by atoms with van der Waals surface area (Å²) in [5.74, 6) is 1.61. The molecule has 3 rings (SSSR count). The fourth-order valence-electron chi connectivity index (χ4n) is 2.78. The second-order valence-electron chi connectivity index (χ2n) is 6.46. The minimum absolute atomic E-state index is 0.239. The van der Waals surface area contributed by atoms with Gasteiger partial charge in [-0.3, -0.25) is 0 Å². The quantitative estimate of drug-likeness (QED) is 0.466. The Labute approximate surface area is 169 Å². The zero-order valence-electron chi connectivity index (χ0n) is 15.2. The van der Waals surface area contributed by atoms with Crippen LogP contribution in [0.3, 0.4) is 0 Å². The third kappa shape index (κ3) is 5.25. The molecule has 0 aliphatic heterocycles. The number of imidazole rings is 1. The van der Waals surface area contributed by atoms with Crippen LogP contribution in [-0.4, -0.2) is 16.6 Å². The Morgan fingerprint density at radius 3 is 2.63 bits per heavy atom. The number of hydrogen-bond acceptors (Lipinski definition) is 3. The third-order valence-electron chi connectivity index (χ3n) is 4.31. The monoisotopic (exact) mass is 403 g/mol. The molecule has 0 bridgehead atoms. The van der Waals surface area contributed by atoms with Crippen molar-refractivity contribution in [1.29, 1.82) is 0 Å². The molecule has 0 saturated carbocycles. The minimum atomic E-state index is -0.239. The SMILES string of the molecule is CCCCOc1ccc(CC(N)c2ncc(-c3ccc(Cl)cc3Cl)[nH]2)cc1. The van der Waals surface area contributed by atoms with Crippen LogP contribution in [0.1, 0.15) is 37.2 Å². The van der Waals surface area contributed by atoms with E-state index in [1.165, 1.54) is 0 Å². The maximum Gasteiger partial charge on any atom is 0.123 e. The molecule has 27 heavy (non-hydrogen) atoms. The number of aromatic nitrogens is 2. The maximum atomic E-state index is 6.34. The highest BCUT2D eigenvalue weighted by Crippen LogP contribution is 2.30. The minimum Gasteiger partial charge on any atom is -0.494 e. The number of nitrogens with one attached hydrogen (secondary N) is 1. The highest BCUT2D eigenvalue weighted by atomic mass is 35.5. The Bertz CT molecular complexity index is 877. The first-order chi connectivity index (χ1) is 13.1. The van der Waals surface area contributed by atoms with E-state index in [0.29, 0.717) is 16.5 Å². The zero-order valence-corrected chi connectivity index (χ0v) is 16.7. The molecule has 0 fully saturated rings. The first-order valence-electron chi connectivity index (χ1n) is 9.04. The summed E-state index contributed by atoms with van der Waals surface area (Å²) in [6, 6.07) is 13.2. The smallest absolute Gasteiger partial charge is 0.123 e. The number of halogens is 2. The van der Waals surface area contributed by atoms with E-state index in [4.69, 9.17) is 33.7 Å². The fraction of sp³-hybridized carbons (Fsp3) is 0.286. The van der Waals surface area contributed by atoms with E-state index in [2.05, 4.69) is 16.9 Å². The van der Waals surface area contributed by atoms with Gasteiger partial charge in [0.1, 0.15) is 11.6 Å². The van der Waals surface area contributed by atoms with Gasteiger partial charge in [0.25, 0.3) is 0 Å². The molecule has 2 aromatic carbocycles. The van der Waals surface area contributed by atoms with E-state index in [1.807, 2.05) is 30.3 Å². The number of benzene rings is 2. The topological polar surface area (TPSA) is 63.9 Å². The summed E-state index contributed by atoms with van der Waals surface area (Å²) in [6.07, 6.45) is 4.61. The van der Waals surface area contributed by atoms with Gasteiger partial charge in [0, 0.05) is 10.6 Å². The number of ether oxygens (including phenoxy) is 1. The second kappa shape index (κ2) is 9.27. The van der Waals surface area contributed by atoms with Crippen LogP contribution in [0.25, 0.3) is 11.3 Å². The van der Waals surface area contributed by atoms with E-state index in [9.17, 15) is 0 Å². The average Bonchev–Trinajstić information content (AvgIpc) is 3.13. The summed E-state index contributed by atoms with van der Waals surface area (Å²) in [7, 11) is 0. The first kappa shape index (κ1) is 19.7. The predicted molar refractivity (Wildman–Crippen MR) is 112 cm³/mol. The van der Waals surface area contributed by atoms with Crippen LogP contribution >= 0.6 is 23.2 Å². The molecular formula is C21H23Cl2N3O. The Balaban J connectivity index is 1.64. The fourth-order valence-corrected chi connectivity index (χ4v) is 3.29. The number of nitrogens with zero attached hydrogens (tertiary/aromatic N) is 1. The lowest BCUT2D eigenvalue weighted by atomic mass is 10.1. The lowest BCUT2D eigenvalue weighted by Crippen LogP contribution is -2.15. The van der Waals surface area contributed by atoms with Crippen LogP contribution in [0.4, 0.5) is 0 Å². The zero-order chi connectivity index (χ0) is 19.2. The first-order valence-corrected chi connectivity index (χ1v) is 9.80. The number of nitrogens with two attached hydrogens (primary N) is 1. The molecule has 0 spiro atoms. The standard InChI is InChI=1S/C21H23Cl2N3O/c1-2-3-10-27-16-7-4-14(5-8-16)11-19(24)21-25-13-20(26-21)17-9-6-15(22)12-18(17)23/h4-9,12-13,19H,2-3,10-11,24H2,1H3,(H,25,26). The van der Waals surface area contributed by atoms with Gasteiger partial charge >= 0.3 is 0 Å². The van der Waals surface area contributed by atoms with Gasteiger partial charge in [-0.05, 0) is 48.7 Å². The Kier molecular flexibility index (Phi) is 6.78. The van der Waals surface area contributed by atoms with Crippen molar-refractivity contribution in [1.82, 2.24) is 9.97 Å². The Morgan fingerprint density at radius 2 is 1.93 bits per heavy atom. The van der Waals surface area contributed by atoms with Gasteiger partial charge in [-0.15, -0.1) is 0 Å². The molecule has 3 N–H and O–H groups in total. The van der Waals surface area contributed by atoms with E-state index in [1.54, 1.807) is 18.3 Å². The number of unbranched alkanes of at least 4 members (excludes halogenated alkanes) is 1. The van der Waals surface area contributed by atoms with Crippen molar-refractivity contribution >= 4 is 23.2 Å². The van der Waals surface area contributed by atoms with Crippen LogP contribution in [0.2, 0.25) is 10.0 Å². The Morgan fingerprint density at radius 1 is 1.15 bits per heavy atom. The predicted octanol–water partition coefficient (Wildman–Crippen LogP) is 5.80. The molecule has 4 nitrogen and oxygen atoms in total. The van der Waals surface area contributed by atoms with Crippen LogP contribution in [-0.2, 0) is 6.42 Å². The van der Waals surface area contributed by atoms with E-state index >= 15 is 0 Å². The number of hydrogen-bond donors (Lipinski definition) is 2. The van der Waals surface area contributed by atoms with Crippen molar-refractivity contribution in [3.63, 3.8) is 0 Å². The van der Waals surface area contributed by atoms with Crippen molar-refractivity contribution in [3.05, 3.63) is 70.1 Å². The van der Waals surface area contributed by atoms with Crippen molar-refractivity contribution in [2.45, 2.75) is 32.2 Å². The highest BCUT2D eigenvalue weighted by molar-refractivity contribution is 6.36. The summed E-state index contributed by atoms with van der Waals surface area (Å²) < 4.78 is 5.69. The summed E-state index contributed by atoms with van der Waals surface area (Å²) >= 11 is 12.2. The van der Waals surface area contributed by atoms with Crippen molar-refractivity contribution in [3.8, 4) is 17.0 Å². The summed E-state index contributed by atoms with van der Waals surface area (Å²) in [4.78, 5) is 7.69. The second-order valence-corrected chi connectivity index (χ2v) is 7.31. The molecule has 1 heterocycles. The van der Waals surface area contributed by atoms with Gasteiger partial charge in [0.05, 0.1) is 29.6 Å². The molecule has 6 heteroatoms. The highest BCUT2D eigenvalue weighted by Gasteiger charge is 2.14. The molecule has 0 aliphatic rings. The summed E-state index contributed by atoms with van der Waals surface area (Å²) in [6.45, 7) is 2.90. The lowest BCUT2D eigenvalue weighted by Gasteiger charge is -2.10. The molecule has 1 unspecified atom stereocenters. The van der Waals surface area contributed by atoms with Gasteiger partial charge in [-0.25, -0.2) is 4.98 Å². The normalized spacial score (nSPS) is 12.1. The summed E-state index contributed by atoms with van der Waals surface area (Å²) in [5.41, 5.74) is 9.14. The Hall–Kier alpha value is -2.01. The van der Waals surface area contributed by atoms with Gasteiger partial charge in [-0.2, -0.15) is 0 Å². The van der Waals surface area contributed by atoms with E-state index in [-0.39, 0.29) is 6.04 Å². The average molecular weight is 404 g/mol. The number of rotatable bonds is 8. The largest absolute Gasteiger partial charge is 0.494 e.